The summed E-state index contributed by atoms with van der Waals surface area (Å²) in [6.45, 7) is 14.4. The molecule has 4 heteroatoms. The molecule has 2 unspecified atom stereocenters. The molecule has 68 heavy (non-hydrogen) atoms. The van der Waals surface area contributed by atoms with Crippen molar-refractivity contribution in [3.05, 3.63) is 215 Å². The van der Waals surface area contributed by atoms with Gasteiger partial charge in [0.25, 0.3) is 0 Å². The van der Waals surface area contributed by atoms with E-state index < -0.39 is 0 Å². The van der Waals surface area contributed by atoms with Crippen LogP contribution in [-0.2, 0) is 19.1 Å². The maximum atomic E-state index is 15.2. The molecule has 4 fully saturated rings. The minimum Gasteiger partial charge on any atom is -0.461 e. The van der Waals surface area contributed by atoms with Crippen molar-refractivity contribution < 1.29 is 19.1 Å². The number of hydrogen-bond acceptors (Lipinski definition) is 4. The Bertz CT molecular complexity index is 2380. The molecule has 0 saturated heterocycles. The Kier molecular flexibility index (Phi) is 12.4. The fourth-order valence-corrected chi connectivity index (χ4v) is 15.0. The van der Waals surface area contributed by atoms with Crippen LogP contribution >= 0.6 is 0 Å². The highest BCUT2D eigenvalue weighted by Gasteiger charge is 2.70. The molecule has 10 atom stereocenters. The smallest absolute Gasteiger partial charge is 0.306 e. The molecule has 0 radical (unpaired) electrons. The molecule has 0 aliphatic heterocycles. The molecule has 0 amide bonds. The second kappa shape index (κ2) is 18.3. The summed E-state index contributed by atoms with van der Waals surface area (Å²) >= 11 is 0. The first kappa shape index (κ1) is 46.0. The number of hydrogen-bond donors (Lipinski definition) is 0. The molecule has 10 rings (SSSR count). The molecule has 0 spiro atoms. The standard InChI is InChI=1S/C64H70O4/c1-61(2)51-37-39-63(61,5)59(57(51)55(45-29-17-9-18-30-45)46-31-19-10-20-32-46)67-53(65)41-49(43-25-13-7-14-26-43)50(44-27-15-8-16-28-44)42-54(66)68-60-58(52-38-40-64(60,6)62(52,3)4)56(47-33-21-11-22-34-47)48-35-23-12-24-36-48/h7-36,49-52,55-60H,37-42H2,1-6H3/t49?,50?,51-,52-,57+,58+,59-,60-,63+,64+/m1/s1. The van der Waals surface area contributed by atoms with Gasteiger partial charge in [-0.1, -0.05) is 224 Å². The normalized spacial score (nSPS) is 28.4. The van der Waals surface area contributed by atoms with E-state index in [0.29, 0.717) is 11.8 Å². The lowest BCUT2D eigenvalue weighted by molar-refractivity contribution is -0.164. The molecule has 4 nitrogen and oxygen atoms in total. The van der Waals surface area contributed by atoms with Crippen molar-refractivity contribution in [2.75, 3.05) is 0 Å². The third-order valence-corrected chi connectivity index (χ3v) is 19.3. The van der Waals surface area contributed by atoms with Crippen molar-refractivity contribution in [3.63, 3.8) is 0 Å². The van der Waals surface area contributed by atoms with Crippen LogP contribution in [0.3, 0.4) is 0 Å². The molecule has 4 aliphatic carbocycles. The summed E-state index contributed by atoms with van der Waals surface area (Å²) in [7, 11) is 0. The predicted molar refractivity (Wildman–Crippen MR) is 273 cm³/mol. The van der Waals surface area contributed by atoms with E-state index in [1.165, 1.54) is 22.3 Å². The van der Waals surface area contributed by atoms with Gasteiger partial charge in [0, 0.05) is 46.3 Å². The van der Waals surface area contributed by atoms with Gasteiger partial charge in [0.2, 0.25) is 0 Å². The third kappa shape index (κ3) is 7.84. The summed E-state index contributed by atoms with van der Waals surface area (Å²) in [5.41, 5.74) is 6.59. The molecule has 0 N–H and O–H groups in total. The summed E-state index contributed by atoms with van der Waals surface area (Å²) in [6, 6.07) is 64.1. The van der Waals surface area contributed by atoms with Gasteiger partial charge >= 0.3 is 11.9 Å². The lowest BCUT2D eigenvalue weighted by atomic mass is 9.68. The Labute approximate surface area is 405 Å². The van der Waals surface area contributed by atoms with Gasteiger partial charge in [-0.05, 0) is 81.7 Å². The van der Waals surface area contributed by atoms with Crippen LogP contribution in [0.4, 0.5) is 0 Å². The second-order valence-electron chi connectivity index (χ2n) is 22.6. The minimum absolute atomic E-state index is 0.0393. The first-order chi connectivity index (χ1) is 32.8. The molecule has 350 valence electrons. The molecule has 6 aromatic rings. The molecule has 4 bridgehead atoms. The first-order valence-corrected chi connectivity index (χ1v) is 25.5. The Balaban J connectivity index is 0.986. The van der Waals surface area contributed by atoms with Gasteiger partial charge in [0.05, 0.1) is 12.8 Å². The maximum absolute atomic E-state index is 15.2. The van der Waals surface area contributed by atoms with Crippen LogP contribution in [0.5, 0.6) is 0 Å². The van der Waals surface area contributed by atoms with Crippen molar-refractivity contribution in [1.29, 1.82) is 0 Å². The van der Waals surface area contributed by atoms with E-state index in [1.807, 2.05) is 36.4 Å². The zero-order chi connectivity index (χ0) is 47.3. The Morgan fingerprint density at radius 2 is 0.662 bits per heavy atom. The Morgan fingerprint density at radius 3 is 0.926 bits per heavy atom. The van der Waals surface area contributed by atoms with Crippen LogP contribution in [0.1, 0.15) is 137 Å². The van der Waals surface area contributed by atoms with Crippen LogP contribution < -0.4 is 0 Å². The van der Waals surface area contributed by atoms with E-state index >= 15 is 9.59 Å². The lowest BCUT2D eigenvalue weighted by Gasteiger charge is -2.42. The van der Waals surface area contributed by atoms with Gasteiger partial charge in [-0.15, -0.1) is 0 Å². The van der Waals surface area contributed by atoms with E-state index in [9.17, 15) is 0 Å². The highest BCUT2D eigenvalue weighted by atomic mass is 16.6. The van der Waals surface area contributed by atoms with Crippen molar-refractivity contribution in [2.45, 2.75) is 116 Å². The van der Waals surface area contributed by atoms with Crippen molar-refractivity contribution in [3.8, 4) is 0 Å². The molecular weight excluding hydrogens is 833 g/mol. The van der Waals surface area contributed by atoms with E-state index in [2.05, 4.69) is 187 Å². The number of rotatable bonds is 15. The fourth-order valence-electron chi connectivity index (χ4n) is 15.0. The number of esters is 2. The first-order valence-electron chi connectivity index (χ1n) is 25.5. The molecule has 4 aliphatic rings. The van der Waals surface area contributed by atoms with Gasteiger partial charge < -0.3 is 9.47 Å². The van der Waals surface area contributed by atoms with Crippen LogP contribution in [0.2, 0.25) is 0 Å². The van der Waals surface area contributed by atoms with Crippen LogP contribution in [0.15, 0.2) is 182 Å². The van der Waals surface area contributed by atoms with E-state index in [-0.39, 0.29) is 94.2 Å². The minimum atomic E-state index is -0.334. The van der Waals surface area contributed by atoms with E-state index in [4.69, 9.17) is 9.47 Å². The van der Waals surface area contributed by atoms with Gasteiger partial charge in [0.15, 0.2) is 0 Å². The Hall–Kier alpha value is -5.74. The number of benzene rings is 6. The van der Waals surface area contributed by atoms with Gasteiger partial charge in [-0.2, -0.15) is 0 Å². The SMILES string of the molecule is CC1(C)[C@@H]2CC[C@@]1(C)[C@H](OC(=O)CC(c1ccccc1)C(CC(=O)O[C@@H]1[C@H](C(c3ccccc3)c3ccccc3)[C@H]3CC[C@]1(C)C3(C)C)c1ccccc1)[C@@H]2C(c1ccccc1)c1ccccc1. The van der Waals surface area contributed by atoms with Gasteiger partial charge in [-0.3, -0.25) is 9.59 Å². The molecule has 0 heterocycles. The number of ether oxygens (including phenoxy) is 2. The van der Waals surface area contributed by atoms with Crippen molar-refractivity contribution in [1.82, 2.24) is 0 Å². The zero-order valence-electron chi connectivity index (χ0n) is 41.0. The zero-order valence-corrected chi connectivity index (χ0v) is 41.0. The second-order valence-corrected chi connectivity index (χ2v) is 22.6. The van der Waals surface area contributed by atoms with Crippen LogP contribution in [-0.4, -0.2) is 24.1 Å². The summed E-state index contributed by atoms with van der Waals surface area (Å²) in [5.74, 6) is 0.0138. The average Bonchev–Trinajstić information content (AvgIpc) is 3.86. The van der Waals surface area contributed by atoms with Gasteiger partial charge in [-0.25, -0.2) is 0 Å². The summed E-state index contributed by atoms with van der Waals surface area (Å²) in [6.07, 6.45) is 3.98. The van der Waals surface area contributed by atoms with Crippen LogP contribution in [0, 0.1) is 45.3 Å². The fraction of sp³-hybridized carbons (Fsp3) is 0.406. The van der Waals surface area contributed by atoms with Crippen molar-refractivity contribution in [2.24, 2.45) is 45.3 Å². The number of carbonyl (C=O) groups is 2. The topological polar surface area (TPSA) is 52.6 Å². The largest absolute Gasteiger partial charge is 0.461 e. The maximum Gasteiger partial charge on any atom is 0.306 e. The van der Waals surface area contributed by atoms with Gasteiger partial charge in [0.1, 0.15) is 12.2 Å². The summed E-state index contributed by atoms with van der Waals surface area (Å²) in [5, 5.41) is 0. The number of fused-ring (bicyclic) bond motifs is 4. The highest BCUT2D eigenvalue weighted by molar-refractivity contribution is 5.74. The van der Waals surface area contributed by atoms with Crippen LogP contribution in [0.25, 0.3) is 0 Å². The third-order valence-electron chi connectivity index (χ3n) is 19.3. The molecule has 0 aromatic heterocycles. The molecular formula is C64H70O4. The summed E-state index contributed by atoms with van der Waals surface area (Å²) in [4.78, 5) is 30.4. The number of carbonyl (C=O) groups excluding carboxylic acids is 2. The monoisotopic (exact) mass is 903 g/mol. The molecule has 6 aromatic carbocycles. The predicted octanol–water partition coefficient (Wildman–Crippen LogP) is 15.0. The van der Waals surface area contributed by atoms with E-state index in [0.717, 1.165) is 36.8 Å². The summed E-state index contributed by atoms with van der Waals surface area (Å²) < 4.78 is 14.2. The quantitative estimate of drug-likeness (QED) is 0.0964. The van der Waals surface area contributed by atoms with Crippen molar-refractivity contribution >= 4 is 11.9 Å². The average molecular weight is 903 g/mol. The molecule has 4 saturated carbocycles. The highest BCUT2D eigenvalue weighted by Crippen LogP contribution is 2.72. The lowest BCUT2D eigenvalue weighted by Crippen LogP contribution is -2.43. The Morgan fingerprint density at radius 1 is 0.412 bits per heavy atom. The van der Waals surface area contributed by atoms with E-state index in [1.54, 1.807) is 0 Å².